The standard InChI is InChI=1S/C12H18BrNO/c1-8(2)9-5-10(7-11(13)6-9)12(14)3-4-15/h5-8,12,15H,3-4,14H2,1-2H3. The molecule has 0 amide bonds. The third-order valence-corrected chi connectivity index (χ3v) is 2.94. The summed E-state index contributed by atoms with van der Waals surface area (Å²) in [4.78, 5) is 0. The van der Waals surface area contributed by atoms with Crippen molar-refractivity contribution < 1.29 is 5.11 Å². The average molecular weight is 272 g/mol. The maximum atomic E-state index is 8.85. The molecule has 3 N–H and O–H groups in total. The lowest BCUT2D eigenvalue weighted by molar-refractivity contribution is 0.276. The Balaban J connectivity index is 2.98. The lowest BCUT2D eigenvalue weighted by Gasteiger charge is -2.14. The number of aliphatic hydroxyl groups excluding tert-OH is 1. The van der Waals surface area contributed by atoms with E-state index in [1.54, 1.807) is 0 Å². The number of hydrogen-bond donors (Lipinski definition) is 2. The number of hydrogen-bond acceptors (Lipinski definition) is 2. The predicted molar refractivity (Wildman–Crippen MR) is 66.9 cm³/mol. The molecule has 0 radical (unpaired) electrons. The highest BCUT2D eigenvalue weighted by Crippen LogP contribution is 2.25. The van der Waals surface area contributed by atoms with E-state index in [2.05, 4.69) is 41.9 Å². The molecule has 1 rings (SSSR count). The van der Waals surface area contributed by atoms with Gasteiger partial charge in [0.1, 0.15) is 0 Å². The van der Waals surface area contributed by atoms with Crippen molar-refractivity contribution in [3.63, 3.8) is 0 Å². The van der Waals surface area contributed by atoms with Crippen molar-refractivity contribution in [1.29, 1.82) is 0 Å². The molecule has 2 nitrogen and oxygen atoms in total. The Morgan fingerprint density at radius 2 is 1.87 bits per heavy atom. The van der Waals surface area contributed by atoms with Crippen molar-refractivity contribution in [2.24, 2.45) is 5.73 Å². The average Bonchev–Trinajstić information content (AvgIpc) is 2.17. The molecule has 0 saturated heterocycles. The molecule has 1 aromatic carbocycles. The zero-order chi connectivity index (χ0) is 11.4. The van der Waals surface area contributed by atoms with Crippen LogP contribution < -0.4 is 5.73 Å². The highest BCUT2D eigenvalue weighted by molar-refractivity contribution is 9.10. The number of rotatable bonds is 4. The SMILES string of the molecule is CC(C)c1cc(Br)cc(C(N)CCO)c1. The lowest BCUT2D eigenvalue weighted by Crippen LogP contribution is -2.12. The van der Waals surface area contributed by atoms with E-state index in [-0.39, 0.29) is 12.6 Å². The Kier molecular flexibility index (Phi) is 4.77. The number of aliphatic hydroxyl groups is 1. The third kappa shape index (κ3) is 3.59. The van der Waals surface area contributed by atoms with Gasteiger partial charge in [-0.25, -0.2) is 0 Å². The number of benzene rings is 1. The topological polar surface area (TPSA) is 46.2 Å². The summed E-state index contributed by atoms with van der Waals surface area (Å²) in [6.07, 6.45) is 0.605. The molecule has 0 spiro atoms. The Bertz CT molecular complexity index is 325. The number of halogens is 1. The van der Waals surface area contributed by atoms with Crippen LogP contribution in [0.1, 0.15) is 43.4 Å². The second-order valence-corrected chi connectivity index (χ2v) is 5.01. The van der Waals surface area contributed by atoms with E-state index in [1.165, 1.54) is 5.56 Å². The van der Waals surface area contributed by atoms with Gasteiger partial charge in [-0.1, -0.05) is 35.8 Å². The Hall–Kier alpha value is -0.380. The Labute approximate surface area is 99.6 Å². The van der Waals surface area contributed by atoms with Crippen LogP contribution in [0.5, 0.6) is 0 Å². The fourth-order valence-electron chi connectivity index (χ4n) is 1.49. The van der Waals surface area contributed by atoms with Gasteiger partial charge in [-0.15, -0.1) is 0 Å². The van der Waals surface area contributed by atoms with E-state index < -0.39 is 0 Å². The van der Waals surface area contributed by atoms with Crippen LogP contribution in [0.25, 0.3) is 0 Å². The van der Waals surface area contributed by atoms with Gasteiger partial charge in [-0.05, 0) is 35.6 Å². The third-order valence-electron chi connectivity index (χ3n) is 2.48. The summed E-state index contributed by atoms with van der Waals surface area (Å²) in [6.45, 7) is 4.44. The maximum absolute atomic E-state index is 8.85. The van der Waals surface area contributed by atoms with Crippen molar-refractivity contribution in [3.05, 3.63) is 33.8 Å². The first-order valence-corrected chi connectivity index (χ1v) is 6.00. The minimum Gasteiger partial charge on any atom is -0.396 e. The van der Waals surface area contributed by atoms with Crippen LogP contribution in [-0.2, 0) is 0 Å². The van der Waals surface area contributed by atoms with Crippen LogP contribution in [0.3, 0.4) is 0 Å². The largest absolute Gasteiger partial charge is 0.396 e. The first kappa shape index (κ1) is 12.7. The van der Waals surface area contributed by atoms with Gasteiger partial charge in [-0.2, -0.15) is 0 Å². The van der Waals surface area contributed by atoms with E-state index in [1.807, 2.05) is 6.07 Å². The second kappa shape index (κ2) is 5.64. The Morgan fingerprint density at radius 1 is 1.27 bits per heavy atom. The minimum absolute atomic E-state index is 0.0787. The van der Waals surface area contributed by atoms with Crippen LogP contribution in [0.2, 0.25) is 0 Å². The molecule has 0 aliphatic carbocycles. The monoisotopic (exact) mass is 271 g/mol. The molecule has 0 aliphatic rings. The summed E-state index contributed by atoms with van der Waals surface area (Å²) in [5.41, 5.74) is 8.32. The summed E-state index contributed by atoms with van der Waals surface area (Å²) in [5.74, 6) is 0.488. The van der Waals surface area contributed by atoms with Gasteiger partial charge >= 0.3 is 0 Å². The molecule has 1 unspecified atom stereocenters. The van der Waals surface area contributed by atoms with Crippen molar-refractivity contribution >= 4 is 15.9 Å². The van der Waals surface area contributed by atoms with Gasteiger partial charge in [0.25, 0.3) is 0 Å². The van der Waals surface area contributed by atoms with E-state index in [4.69, 9.17) is 10.8 Å². The normalized spacial score (nSPS) is 13.2. The molecule has 3 heteroatoms. The zero-order valence-corrected chi connectivity index (χ0v) is 10.8. The predicted octanol–water partition coefficient (Wildman–Crippen LogP) is 2.95. The molecule has 0 heterocycles. The van der Waals surface area contributed by atoms with Crippen molar-refractivity contribution in [1.82, 2.24) is 0 Å². The van der Waals surface area contributed by atoms with Gasteiger partial charge in [0.2, 0.25) is 0 Å². The summed E-state index contributed by atoms with van der Waals surface area (Å²) >= 11 is 3.48. The molecule has 0 fully saturated rings. The second-order valence-electron chi connectivity index (χ2n) is 4.09. The molecule has 1 aromatic rings. The zero-order valence-electron chi connectivity index (χ0n) is 9.20. The van der Waals surface area contributed by atoms with Gasteiger partial charge in [0.05, 0.1) is 0 Å². The fraction of sp³-hybridized carbons (Fsp3) is 0.500. The molecule has 15 heavy (non-hydrogen) atoms. The van der Waals surface area contributed by atoms with Crippen LogP contribution in [0, 0.1) is 0 Å². The fourth-order valence-corrected chi connectivity index (χ4v) is 2.02. The minimum atomic E-state index is -0.0787. The summed E-state index contributed by atoms with van der Waals surface area (Å²) < 4.78 is 1.05. The van der Waals surface area contributed by atoms with Crippen LogP contribution in [-0.4, -0.2) is 11.7 Å². The molecule has 1 atom stereocenters. The number of nitrogens with two attached hydrogens (primary N) is 1. The van der Waals surface area contributed by atoms with Gasteiger partial charge < -0.3 is 10.8 Å². The Morgan fingerprint density at radius 3 is 2.40 bits per heavy atom. The van der Waals surface area contributed by atoms with E-state index in [0.29, 0.717) is 12.3 Å². The quantitative estimate of drug-likeness (QED) is 0.885. The molecule has 0 aliphatic heterocycles. The molecule has 84 valence electrons. The molecule has 0 aromatic heterocycles. The first-order valence-electron chi connectivity index (χ1n) is 5.21. The summed E-state index contributed by atoms with van der Waals surface area (Å²) in [6, 6.07) is 6.17. The van der Waals surface area contributed by atoms with E-state index >= 15 is 0 Å². The first-order chi connectivity index (χ1) is 7.04. The van der Waals surface area contributed by atoms with Crippen LogP contribution >= 0.6 is 15.9 Å². The highest BCUT2D eigenvalue weighted by atomic mass is 79.9. The van der Waals surface area contributed by atoms with Gasteiger partial charge in [0, 0.05) is 17.1 Å². The summed E-state index contributed by atoms with van der Waals surface area (Å²) in [7, 11) is 0. The van der Waals surface area contributed by atoms with E-state index in [0.717, 1.165) is 10.0 Å². The van der Waals surface area contributed by atoms with Crippen molar-refractivity contribution in [3.8, 4) is 0 Å². The molecular formula is C12H18BrNO. The van der Waals surface area contributed by atoms with Gasteiger partial charge in [-0.3, -0.25) is 0 Å². The summed E-state index contributed by atoms with van der Waals surface area (Å²) in [5, 5.41) is 8.85. The smallest absolute Gasteiger partial charge is 0.0449 e. The van der Waals surface area contributed by atoms with Crippen molar-refractivity contribution in [2.75, 3.05) is 6.61 Å². The molecule has 0 bridgehead atoms. The van der Waals surface area contributed by atoms with E-state index in [9.17, 15) is 0 Å². The molecular weight excluding hydrogens is 254 g/mol. The highest BCUT2D eigenvalue weighted by Gasteiger charge is 2.09. The van der Waals surface area contributed by atoms with Crippen molar-refractivity contribution in [2.45, 2.75) is 32.2 Å². The molecule has 0 saturated carbocycles. The van der Waals surface area contributed by atoms with Crippen LogP contribution in [0.15, 0.2) is 22.7 Å². The lowest BCUT2D eigenvalue weighted by atomic mass is 9.97. The van der Waals surface area contributed by atoms with Gasteiger partial charge in [0.15, 0.2) is 0 Å². The van der Waals surface area contributed by atoms with Crippen LogP contribution in [0.4, 0.5) is 0 Å². The maximum Gasteiger partial charge on any atom is 0.0449 e.